The summed E-state index contributed by atoms with van der Waals surface area (Å²) in [4.78, 5) is 25.2. The van der Waals surface area contributed by atoms with Crippen molar-refractivity contribution in [2.45, 2.75) is 71.8 Å². The summed E-state index contributed by atoms with van der Waals surface area (Å²) >= 11 is 6.65. The van der Waals surface area contributed by atoms with Crippen LogP contribution in [-0.2, 0) is 16.8 Å². The first-order valence-electron chi connectivity index (χ1n) is 10.8. The Morgan fingerprint density at radius 2 is 2.03 bits per heavy atom. The van der Waals surface area contributed by atoms with Gasteiger partial charge in [0.1, 0.15) is 0 Å². The molecule has 1 fully saturated rings. The SMILES string of the molecule is CC(C)(C)CCc1ccc([C@@]2(C)NC(=O)N(CCCC(=O)O)C=C2C2CC2)cc1Cl. The van der Waals surface area contributed by atoms with Gasteiger partial charge in [-0.3, -0.25) is 4.79 Å². The number of hydrogen-bond acceptors (Lipinski definition) is 2. The maximum atomic E-state index is 12.8. The van der Waals surface area contributed by atoms with Crippen molar-refractivity contribution >= 4 is 23.6 Å². The van der Waals surface area contributed by atoms with Crippen LogP contribution in [0.2, 0.25) is 5.02 Å². The van der Waals surface area contributed by atoms with E-state index in [2.05, 4.69) is 38.2 Å². The molecule has 2 aliphatic rings. The lowest BCUT2D eigenvalue weighted by molar-refractivity contribution is -0.137. The zero-order valence-corrected chi connectivity index (χ0v) is 19.2. The van der Waals surface area contributed by atoms with Gasteiger partial charge in [0.25, 0.3) is 0 Å². The maximum absolute atomic E-state index is 12.8. The Labute approximate surface area is 184 Å². The second kappa shape index (κ2) is 8.62. The third kappa shape index (κ3) is 5.37. The van der Waals surface area contributed by atoms with Crippen LogP contribution in [-0.4, -0.2) is 28.6 Å². The van der Waals surface area contributed by atoms with Crippen LogP contribution >= 0.6 is 11.6 Å². The third-order valence-corrected chi connectivity index (χ3v) is 6.42. The van der Waals surface area contributed by atoms with Gasteiger partial charge in [0.05, 0.1) is 5.54 Å². The van der Waals surface area contributed by atoms with E-state index in [0.29, 0.717) is 18.9 Å². The van der Waals surface area contributed by atoms with E-state index >= 15 is 0 Å². The summed E-state index contributed by atoms with van der Waals surface area (Å²) in [6, 6.07) is 5.97. The Morgan fingerprint density at radius 3 is 2.60 bits per heavy atom. The fraction of sp³-hybridized carbons (Fsp3) is 0.583. The monoisotopic (exact) mass is 432 g/mol. The molecule has 1 atom stereocenters. The van der Waals surface area contributed by atoms with E-state index in [9.17, 15) is 9.59 Å². The molecule has 5 nitrogen and oxygen atoms in total. The van der Waals surface area contributed by atoms with Gasteiger partial charge < -0.3 is 15.3 Å². The first-order valence-corrected chi connectivity index (χ1v) is 11.2. The van der Waals surface area contributed by atoms with Crippen molar-refractivity contribution in [2.24, 2.45) is 11.3 Å². The molecule has 1 aromatic rings. The summed E-state index contributed by atoms with van der Waals surface area (Å²) in [5.74, 6) is -0.401. The molecule has 0 bridgehead atoms. The van der Waals surface area contributed by atoms with Gasteiger partial charge in [0.2, 0.25) is 0 Å². The minimum absolute atomic E-state index is 0.0548. The molecule has 30 heavy (non-hydrogen) atoms. The van der Waals surface area contributed by atoms with Crippen molar-refractivity contribution < 1.29 is 14.7 Å². The molecule has 0 radical (unpaired) electrons. The number of nitrogens with one attached hydrogen (secondary N) is 1. The molecule has 3 rings (SSSR count). The molecule has 1 saturated carbocycles. The number of carboxylic acids is 1. The predicted octanol–water partition coefficient (Wildman–Crippen LogP) is 5.72. The Hall–Kier alpha value is -2.01. The lowest BCUT2D eigenvalue weighted by Gasteiger charge is -2.41. The quantitative estimate of drug-likeness (QED) is 0.552. The topological polar surface area (TPSA) is 69.6 Å². The van der Waals surface area contributed by atoms with Crippen molar-refractivity contribution in [2.75, 3.05) is 6.54 Å². The number of carboxylic acid groups (broad SMARTS) is 1. The van der Waals surface area contributed by atoms with Gasteiger partial charge in [-0.15, -0.1) is 0 Å². The lowest BCUT2D eigenvalue weighted by atomic mass is 9.80. The summed E-state index contributed by atoms with van der Waals surface area (Å²) in [7, 11) is 0. The number of aliphatic carboxylic acids is 1. The molecular weight excluding hydrogens is 400 g/mol. The molecule has 0 spiro atoms. The van der Waals surface area contributed by atoms with Crippen LogP contribution in [0.15, 0.2) is 30.0 Å². The van der Waals surface area contributed by atoms with Crippen molar-refractivity contribution in [3.8, 4) is 0 Å². The zero-order chi connectivity index (χ0) is 22.1. The van der Waals surface area contributed by atoms with Crippen LogP contribution in [0.5, 0.6) is 0 Å². The molecular formula is C24H33ClN2O3. The molecule has 0 saturated heterocycles. The standard InChI is InChI=1S/C24H33ClN2O3/c1-23(2,3)12-11-17-9-10-18(14-20(17)25)24(4)19(16-7-8-16)15-27(22(30)26-24)13-5-6-21(28)29/h9-10,14-16H,5-8,11-13H2,1-4H3,(H,26,30)(H,28,29)/t24-/m1/s1. The van der Waals surface area contributed by atoms with Gasteiger partial charge in [-0.1, -0.05) is 44.5 Å². The van der Waals surface area contributed by atoms with Gasteiger partial charge in [-0.25, -0.2) is 4.79 Å². The van der Waals surface area contributed by atoms with Gasteiger partial charge in [0.15, 0.2) is 0 Å². The Bertz CT molecular complexity index is 854. The van der Waals surface area contributed by atoms with Gasteiger partial charge >= 0.3 is 12.0 Å². The third-order valence-electron chi connectivity index (χ3n) is 6.07. The number of aryl methyl sites for hydroxylation is 1. The van der Waals surface area contributed by atoms with Crippen molar-refractivity contribution in [1.29, 1.82) is 0 Å². The number of carbonyl (C=O) groups is 2. The van der Waals surface area contributed by atoms with Crippen LogP contribution in [0.3, 0.4) is 0 Å². The molecule has 0 aromatic heterocycles. The summed E-state index contributed by atoms with van der Waals surface area (Å²) in [6.07, 6.45) is 6.63. The minimum atomic E-state index is -0.843. The molecule has 0 unspecified atom stereocenters. The second-order valence-electron chi connectivity index (χ2n) is 9.97. The zero-order valence-electron chi connectivity index (χ0n) is 18.4. The predicted molar refractivity (Wildman–Crippen MR) is 119 cm³/mol. The highest BCUT2D eigenvalue weighted by Crippen LogP contribution is 2.47. The first kappa shape index (κ1) is 22.7. The molecule has 164 valence electrons. The number of amides is 2. The van der Waals surface area contributed by atoms with E-state index in [1.54, 1.807) is 4.90 Å². The van der Waals surface area contributed by atoms with Gasteiger partial charge in [-0.2, -0.15) is 0 Å². The number of hydrogen-bond donors (Lipinski definition) is 2. The lowest BCUT2D eigenvalue weighted by Crippen LogP contribution is -2.54. The fourth-order valence-corrected chi connectivity index (χ4v) is 4.27. The van der Waals surface area contributed by atoms with E-state index in [1.807, 2.05) is 19.2 Å². The van der Waals surface area contributed by atoms with E-state index in [1.165, 1.54) is 5.57 Å². The van der Waals surface area contributed by atoms with Crippen LogP contribution in [0.1, 0.15) is 70.9 Å². The Kier molecular flexibility index (Phi) is 6.51. The highest BCUT2D eigenvalue weighted by atomic mass is 35.5. The average Bonchev–Trinajstić information content (AvgIpc) is 3.46. The highest BCUT2D eigenvalue weighted by Gasteiger charge is 2.44. The van der Waals surface area contributed by atoms with Gasteiger partial charge in [0, 0.05) is 24.2 Å². The summed E-state index contributed by atoms with van der Waals surface area (Å²) < 4.78 is 0. The van der Waals surface area contributed by atoms with Crippen LogP contribution in [0, 0.1) is 11.3 Å². The summed E-state index contributed by atoms with van der Waals surface area (Å²) in [6.45, 7) is 9.12. The van der Waals surface area contributed by atoms with Crippen LogP contribution in [0.25, 0.3) is 0 Å². The maximum Gasteiger partial charge on any atom is 0.322 e. The molecule has 6 heteroatoms. The number of nitrogens with zero attached hydrogens (tertiary/aromatic N) is 1. The Morgan fingerprint density at radius 1 is 1.33 bits per heavy atom. The first-order chi connectivity index (χ1) is 14.0. The van der Waals surface area contributed by atoms with Crippen molar-refractivity contribution in [3.63, 3.8) is 0 Å². The largest absolute Gasteiger partial charge is 0.481 e. The highest BCUT2D eigenvalue weighted by molar-refractivity contribution is 6.31. The molecule has 1 heterocycles. The van der Waals surface area contributed by atoms with Crippen molar-refractivity contribution in [3.05, 3.63) is 46.1 Å². The van der Waals surface area contributed by atoms with E-state index < -0.39 is 11.5 Å². The molecule has 2 N–H and O–H groups in total. The second-order valence-corrected chi connectivity index (χ2v) is 10.4. The van der Waals surface area contributed by atoms with Crippen molar-refractivity contribution in [1.82, 2.24) is 10.2 Å². The molecule has 2 amide bonds. The number of halogens is 1. The molecule has 1 aromatic carbocycles. The van der Waals surface area contributed by atoms with E-state index in [-0.39, 0.29) is 17.9 Å². The number of carbonyl (C=O) groups excluding carboxylic acids is 1. The smallest absolute Gasteiger partial charge is 0.322 e. The fourth-order valence-electron chi connectivity index (χ4n) is 4.00. The Balaban J connectivity index is 1.84. The normalized spacial score (nSPS) is 22.0. The van der Waals surface area contributed by atoms with E-state index in [0.717, 1.165) is 41.8 Å². The average molecular weight is 433 g/mol. The molecule has 1 aliphatic carbocycles. The molecule has 1 aliphatic heterocycles. The van der Waals surface area contributed by atoms with E-state index in [4.69, 9.17) is 16.7 Å². The van der Waals surface area contributed by atoms with Crippen LogP contribution in [0.4, 0.5) is 4.79 Å². The number of rotatable bonds is 8. The summed E-state index contributed by atoms with van der Waals surface area (Å²) in [5.41, 5.74) is 2.94. The number of benzene rings is 1. The summed E-state index contributed by atoms with van der Waals surface area (Å²) in [5, 5.41) is 12.8. The number of urea groups is 1. The minimum Gasteiger partial charge on any atom is -0.481 e. The van der Waals surface area contributed by atoms with Crippen LogP contribution < -0.4 is 5.32 Å². The van der Waals surface area contributed by atoms with Gasteiger partial charge in [-0.05, 0) is 73.1 Å².